The van der Waals surface area contributed by atoms with Gasteiger partial charge in [-0.3, -0.25) is 4.90 Å². The zero-order valence-corrected chi connectivity index (χ0v) is 11.9. The van der Waals surface area contributed by atoms with Crippen molar-refractivity contribution in [3.63, 3.8) is 0 Å². The van der Waals surface area contributed by atoms with Crippen molar-refractivity contribution in [1.82, 2.24) is 4.90 Å². The van der Waals surface area contributed by atoms with Gasteiger partial charge in [0.2, 0.25) is 0 Å². The summed E-state index contributed by atoms with van der Waals surface area (Å²) in [6.07, 6.45) is 3.00. The molecule has 4 nitrogen and oxygen atoms in total. The molecular weight excluding hydrogens is 230 g/mol. The van der Waals surface area contributed by atoms with Gasteiger partial charge in [0.25, 0.3) is 0 Å². The summed E-state index contributed by atoms with van der Waals surface area (Å²) < 4.78 is 10.6. The molecule has 1 aliphatic heterocycles. The standard InChI is InChI=1S/C12H21NO3.C2H6/c1-3-4-11(2)16-10-12(14)9-13-5-7-15-8-6-13;1-2/h3-4,12,14H,1,5-10H2,2H3;1-2H3/b11-4+;. The Labute approximate surface area is 111 Å². The van der Waals surface area contributed by atoms with E-state index in [1.54, 1.807) is 12.2 Å². The SMILES string of the molecule is C=C/C=C(\C)OCC(O)CN1CCOCC1.CC. The Kier molecular flexibility index (Phi) is 10.7. The van der Waals surface area contributed by atoms with Crippen molar-refractivity contribution in [3.8, 4) is 0 Å². The van der Waals surface area contributed by atoms with Crippen LogP contribution < -0.4 is 0 Å². The largest absolute Gasteiger partial charge is 0.495 e. The first-order valence-corrected chi connectivity index (χ1v) is 6.62. The Morgan fingerprint density at radius 1 is 1.44 bits per heavy atom. The van der Waals surface area contributed by atoms with Crippen LogP contribution in [0, 0.1) is 0 Å². The average molecular weight is 257 g/mol. The number of hydrogen-bond acceptors (Lipinski definition) is 4. The lowest BCUT2D eigenvalue weighted by Crippen LogP contribution is -2.42. The Hall–Kier alpha value is -0.840. The molecule has 1 rings (SSSR count). The van der Waals surface area contributed by atoms with Crippen molar-refractivity contribution in [3.05, 3.63) is 24.5 Å². The van der Waals surface area contributed by atoms with Gasteiger partial charge in [-0.25, -0.2) is 0 Å². The van der Waals surface area contributed by atoms with E-state index in [1.807, 2.05) is 20.8 Å². The van der Waals surface area contributed by atoms with Crippen LogP contribution in [-0.2, 0) is 9.47 Å². The van der Waals surface area contributed by atoms with Gasteiger partial charge in [-0.05, 0) is 13.0 Å². The predicted octanol–water partition coefficient (Wildman–Crippen LogP) is 1.81. The lowest BCUT2D eigenvalue weighted by Gasteiger charge is -2.28. The summed E-state index contributed by atoms with van der Waals surface area (Å²) in [6.45, 7) is 13.7. The van der Waals surface area contributed by atoms with Gasteiger partial charge in [0.1, 0.15) is 12.7 Å². The molecule has 1 unspecified atom stereocenters. The van der Waals surface area contributed by atoms with Crippen LogP contribution in [0.15, 0.2) is 24.5 Å². The summed E-state index contributed by atoms with van der Waals surface area (Å²) in [4.78, 5) is 2.18. The molecule has 0 aromatic heterocycles. The van der Waals surface area contributed by atoms with Crippen LogP contribution >= 0.6 is 0 Å². The van der Waals surface area contributed by atoms with E-state index in [9.17, 15) is 5.11 Å². The van der Waals surface area contributed by atoms with Crippen LogP contribution in [0.1, 0.15) is 20.8 Å². The van der Waals surface area contributed by atoms with E-state index in [0.717, 1.165) is 32.1 Å². The van der Waals surface area contributed by atoms with Crippen molar-refractivity contribution in [2.24, 2.45) is 0 Å². The van der Waals surface area contributed by atoms with E-state index in [0.29, 0.717) is 13.2 Å². The van der Waals surface area contributed by atoms with Gasteiger partial charge >= 0.3 is 0 Å². The molecule has 1 fully saturated rings. The van der Waals surface area contributed by atoms with Gasteiger partial charge in [0.15, 0.2) is 0 Å². The second-order valence-corrected chi connectivity index (χ2v) is 3.89. The molecule has 0 aromatic carbocycles. The molecule has 1 N–H and O–H groups in total. The third kappa shape index (κ3) is 8.28. The van der Waals surface area contributed by atoms with Crippen molar-refractivity contribution >= 4 is 0 Å². The Morgan fingerprint density at radius 2 is 2.06 bits per heavy atom. The average Bonchev–Trinajstić information content (AvgIpc) is 2.40. The zero-order valence-electron chi connectivity index (χ0n) is 11.9. The first-order chi connectivity index (χ1) is 8.72. The summed E-state index contributed by atoms with van der Waals surface area (Å²) in [5, 5.41) is 9.76. The minimum absolute atomic E-state index is 0.327. The topological polar surface area (TPSA) is 41.9 Å². The van der Waals surface area contributed by atoms with Gasteiger partial charge in [0.05, 0.1) is 19.0 Å². The molecule has 0 bridgehead atoms. The summed E-state index contributed by atoms with van der Waals surface area (Å²) in [5.41, 5.74) is 0. The van der Waals surface area contributed by atoms with Crippen LogP contribution in [0.25, 0.3) is 0 Å². The van der Waals surface area contributed by atoms with E-state index < -0.39 is 6.10 Å². The first kappa shape index (κ1) is 17.2. The van der Waals surface area contributed by atoms with E-state index in [2.05, 4.69) is 11.5 Å². The maximum Gasteiger partial charge on any atom is 0.115 e. The zero-order chi connectivity index (χ0) is 13.8. The molecule has 1 heterocycles. The summed E-state index contributed by atoms with van der Waals surface area (Å²) in [5.74, 6) is 0.774. The number of β-amino-alcohol motifs (C(OH)–C–C–N with tert-alkyl or cyclic N) is 1. The second kappa shape index (κ2) is 11.3. The second-order valence-electron chi connectivity index (χ2n) is 3.89. The van der Waals surface area contributed by atoms with Crippen LogP contribution in [0.4, 0.5) is 0 Å². The Balaban J connectivity index is 0.00000137. The highest BCUT2D eigenvalue weighted by atomic mass is 16.5. The molecule has 1 atom stereocenters. The van der Waals surface area contributed by atoms with Crippen LogP contribution in [-0.4, -0.2) is 55.6 Å². The van der Waals surface area contributed by atoms with Crippen molar-refractivity contribution < 1.29 is 14.6 Å². The highest BCUT2D eigenvalue weighted by molar-refractivity contribution is 5.01. The number of ether oxygens (including phenoxy) is 2. The number of nitrogens with zero attached hydrogens (tertiary/aromatic N) is 1. The number of aliphatic hydroxyl groups excluding tert-OH is 1. The maximum absolute atomic E-state index is 9.76. The normalized spacial score (nSPS) is 18.6. The fourth-order valence-electron chi connectivity index (χ4n) is 1.58. The van der Waals surface area contributed by atoms with E-state index in [-0.39, 0.29) is 0 Å². The molecule has 1 aliphatic rings. The number of rotatable bonds is 6. The van der Waals surface area contributed by atoms with Gasteiger partial charge in [0, 0.05) is 19.6 Å². The third-order valence-electron chi connectivity index (χ3n) is 2.43. The monoisotopic (exact) mass is 257 g/mol. The van der Waals surface area contributed by atoms with Gasteiger partial charge in [-0.2, -0.15) is 0 Å². The minimum atomic E-state index is -0.453. The molecule has 4 heteroatoms. The number of allylic oxidation sites excluding steroid dienone is 3. The highest BCUT2D eigenvalue weighted by Crippen LogP contribution is 2.01. The number of morpholine rings is 1. The summed E-state index contributed by atoms with van der Waals surface area (Å²) in [7, 11) is 0. The van der Waals surface area contributed by atoms with Crippen molar-refractivity contribution in [1.29, 1.82) is 0 Å². The van der Waals surface area contributed by atoms with Crippen LogP contribution in [0.3, 0.4) is 0 Å². The van der Waals surface area contributed by atoms with Crippen molar-refractivity contribution in [2.75, 3.05) is 39.5 Å². The molecule has 18 heavy (non-hydrogen) atoms. The summed E-state index contributed by atoms with van der Waals surface area (Å²) in [6, 6.07) is 0. The smallest absolute Gasteiger partial charge is 0.115 e. The van der Waals surface area contributed by atoms with E-state index in [4.69, 9.17) is 9.47 Å². The fraction of sp³-hybridized carbons (Fsp3) is 0.714. The van der Waals surface area contributed by atoms with E-state index in [1.165, 1.54) is 0 Å². The van der Waals surface area contributed by atoms with E-state index >= 15 is 0 Å². The predicted molar refractivity (Wildman–Crippen MR) is 74.5 cm³/mol. The molecule has 0 radical (unpaired) electrons. The number of aliphatic hydroxyl groups is 1. The molecule has 0 saturated carbocycles. The van der Waals surface area contributed by atoms with Crippen LogP contribution in [0.2, 0.25) is 0 Å². The van der Waals surface area contributed by atoms with Gasteiger partial charge < -0.3 is 14.6 Å². The molecule has 0 aromatic rings. The highest BCUT2D eigenvalue weighted by Gasteiger charge is 2.14. The van der Waals surface area contributed by atoms with Gasteiger partial charge in [-0.1, -0.05) is 26.5 Å². The Bertz CT molecular complexity index is 235. The molecule has 0 aliphatic carbocycles. The molecule has 106 valence electrons. The third-order valence-corrected chi connectivity index (χ3v) is 2.43. The fourth-order valence-corrected chi connectivity index (χ4v) is 1.58. The quantitative estimate of drug-likeness (QED) is 0.582. The van der Waals surface area contributed by atoms with Gasteiger partial charge in [-0.15, -0.1) is 0 Å². The number of hydrogen-bond donors (Lipinski definition) is 1. The first-order valence-electron chi connectivity index (χ1n) is 6.62. The Morgan fingerprint density at radius 3 is 2.61 bits per heavy atom. The molecule has 0 spiro atoms. The lowest BCUT2D eigenvalue weighted by molar-refractivity contribution is -0.00314. The van der Waals surface area contributed by atoms with Crippen molar-refractivity contribution in [2.45, 2.75) is 26.9 Å². The lowest BCUT2D eigenvalue weighted by atomic mass is 10.3. The molecule has 0 amide bonds. The summed E-state index contributed by atoms with van der Waals surface area (Å²) >= 11 is 0. The molecule has 1 saturated heterocycles. The molecular formula is C14H27NO3. The maximum atomic E-state index is 9.76. The minimum Gasteiger partial charge on any atom is -0.495 e. The van der Waals surface area contributed by atoms with Crippen LogP contribution in [0.5, 0.6) is 0 Å².